The van der Waals surface area contributed by atoms with Gasteiger partial charge in [0.1, 0.15) is 11.9 Å². The van der Waals surface area contributed by atoms with Gasteiger partial charge in [-0.2, -0.15) is 0 Å². The lowest BCUT2D eigenvalue weighted by Gasteiger charge is -2.27. The molecule has 20 heavy (non-hydrogen) atoms. The van der Waals surface area contributed by atoms with E-state index >= 15 is 0 Å². The zero-order chi connectivity index (χ0) is 13.5. The maximum atomic E-state index is 6.05. The number of halogens is 1. The van der Waals surface area contributed by atoms with Crippen LogP contribution in [0.25, 0.3) is 0 Å². The summed E-state index contributed by atoms with van der Waals surface area (Å²) < 4.78 is 17.8. The van der Waals surface area contributed by atoms with Crippen molar-refractivity contribution in [1.29, 1.82) is 0 Å². The second-order valence-corrected chi connectivity index (χ2v) is 5.66. The third-order valence-electron chi connectivity index (χ3n) is 3.46. The summed E-state index contributed by atoms with van der Waals surface area (Å²) in [5.41, 5.74) is 2.09. The molecule has 0 fully saturated rings. The fourth-order valence-electron chi connectivity index (χ4n) is 2.44. The van der Waals surface area contributed by atoms with Gasteiger partial charge in [-0.3, -0.25) is 0 Å². The van der Waals surface area contributed by atoms with Gasteiger partial charge in [0.2, 0.25) is 6.79 Å². The van der Waals surface area contributed by atoms with Gasteiger partial charge in [0.25, 0.3) is 0 Å². The first kappa shape index (κ1) is 11.9. The largest absolute Gasteiger partial charge is 0.482 e. The van der Waals surface area contributed by atoms with Gasteiger partial charge >= 0.3 is 0 Å². The second kappa shape index (κ2) is 4.59. The predicted molar refractivity (Wildman–Crippen MR) is 78.6 cm³/mol. The molecule has 0 bridgehead atoms. The molecular formula is C15H12BrNO3. The zero-order valence-corrected chi connectivity index (χ0v) is 12.1. The van der Waals surface area contributed by atoms with E-state index in [-0.39, 0.29) is 6.10 Å². The predicted octanol–water partition coefficient (Wildman–Crippen LogP) is 3.72. The number of hydrogen-bond donors (Lipinski definition) is 1. The monoisotopic (exact) mass is 333 g/mol. The van der Waals surface area contributed by atoms with Crippen molar-refractivity contribution in [2.45, 2.75) is 6.10 Å². The van der Waals surface area contributed by atoms with Crippen molar-refractivity contribution in [2.75, 3.05) is 18.7 Å². The molecule has 0 aromatic heterocycles. The van der Waals surface area contributed by atoms with Crippen LogP contribution >= 0.6 is 15.9 Å². The van der Waals surface area contributed by atoms with Crippen LogP contribution in [0.15, 0.2) is 40.9 Å². The van der Waals surface area contributed by atoms with Crippen LogP contribution in [0.1, 0.15) is 11.7 Å². The van der Waals surface area contributed by atoms with Gasteiger partial charge in [-0.1, -0.05) is 22.0 Å². The number of anilines is 1. The van der Waals surface area contributed by atoms with E-state index in [0.717, 1.165) is 39.5 Å². The Bertz CT molecular complexity index is 674. The number of nitrogens with one attached hydrogen (secondary N) is 1. The highest BCUT2D eigenvalue weighted by molar-refractivity contribution is 9.10. The molecule has 0 saturated carbocycles. The third kappa shape index (κ3) is 1.98. The van der Waals surface area contributed by atoms with Crippen molar-refractivity contribution in [1.82, 2.24) is 0 Å². The van der Waals surface area contributed by atoms with E-state index < -0.39 is 0 Å². The lowest BCUT2D eigenvalue weighted by atomic mass is 10.1. The summed E-state index contributed by atoms with van der Waals surface area (Å²) in [5.74, 6) is 2.44. The summed E-state index contributed by atoms with van der Waals surface area (Å²) in [7, 11) is 0. The highest BCUT2D eigenvalue weighted by Gasteiger charge is 2.23. The number of rotatable bonds is 1. The molecule has 1 N–H and O–H groups in total. The maximum Gasteiger partial charge on any atom is 0.231 e. The number of benzene rings is 2. The molecule has 2 aliphatic rings. The van der Waals surface area contributed by atoms with E-state index in [9.17, 15) is 0 Å². The minimum atomic E-state index is -0.0295. The standard InChI is InChI=1S/C15H12BrNO3/c16-10-2-4-12-11(6-10)17-7-15(20-12)9-1-3-13-14(5-9)19-8-18-13/h1-6,15,17H,7-8H2. The van der Waals surface area contributed by atoms with Gasteiger partial charge in [0, 0.05) is 4.47 Å². The van der Waals surface area contributed by atoms with Crippen molar-refractivity contribution >= 4 is 21.6 Å². The molecule has 0 radical (unpaired) electrons. The molecule has 5 heteroatoms. The molecule has 1 atom stereocenters. The third-order valence-corrected chi connectivity index (χ3v) is 3.95. The Labute approximate surface area is 124 Å². The topological polar surface area (TPSA) is 39.7 Å². The summed E-state index contributed by atoms with van der Waals surface area (Å²) in [4.78, 5) is 0. The van der Waals surface area contributed by atoms with Crippen LogP contribution in [0.5, 0.6) is 17.2 Å². The summed E-state index contributed by atoms with van der Waals surface area (Å²) in [5, 5.41) is 3.39. The lowest BCUT2D eigenvalue weighted by molar-refractivity contribution is 0.173. The minimum Gasteiger partial charge on any atom is -0.482 e. The number of ether oxygens (including phenoxy) is 3. The van der Waals surface area contributed by atoms with E-state index in [1.807, 2.05) is 36.4 Å². The molecule has 0 saturated heterocycles. The zero-order valence-electron chi connectivity index (χ0n) is 10.6. The van der Waals surface area contributed by atoms with E-state index in [1.54, 1.807) is 0 Å². The van der Waals surface area contributed by atoms with Crippen molar-refractivity contribution in [3.63, 3.8) is 0 Å². The molecule has 0 aliphatic carbocycles. The molecule has 4 rings (SSSR count). The van der Waals surface area contributed by atoms with Crippen molar-refractivity contribution < 1.29 is 14.2 Å². The first-order valence-corrected chi connectivity index (χ1v) is 7.18. The van der Waals surface area contributed by atoms with Crippen molar-refractivity contribution in [3.8, 4) is 17.2 Å². The highest BCUT2D eigenvalue weighted by Crippen LogP contribution is 2.39. The molecule has 2 aromatic carbocycles. The van der Waals surface area contributed by atoms with Gasteiger partial charge in [-0.25, -0.2) is 0 Å². The van der Waals surface area contributed by atoms with E-state index in [2.05, 4.69) is 21.2 Å². The molecule has 2 heterocycles. The van der Waals surface area contributed by atoms with E-state index in [4.69, 9.17) is 14.2 Å². The average molecular weight is 334 g/mol. The number of fused-ring (bicyclic) bond motifs is 2. The smallest absolute Gasteiger partial charge is 0.231 e. The second-order valence-electron chi connectivity index (χ2n) is 4.74. The molecule has 2 aliphatic heterocycles. The molecule has 0 spiro atoms. The minimum absolute atomic E-state index is 0.0295. The summed E-state index contributed by atoms with van der Waals surface area (Å²) >= 11 is 3.46. The average Bonchev–Trinajstić information content (AvgIpc) is 2.94. The van der Waals surface area contributed by atoms with Crippen LogP contribution in [0.4, 0.5) is 5.69 Å². The van der Waals surface area contributed by atoms with Crippen molar-refractivity contribution in [3.05, 3.63) is 46.4 Å². The quantitative estimate of drug-likeness (QED) is 0.863. The van der Waals surface area contributed by atoms with E-state index in [0.29, 0.717) is 6.79 Å². The molecule has 4 nitrogen and oxygen atoms in total. The van der Waals surface area contributed by atoms with Crippen LogP contribution in [-0.4, -0.2) is 13.3 Å². The molecule has 2 aromatic rings. The highest BCUT2D eigenvalue weighted by atomic mass is 79.9. The van der Waals surface area contributed by atoms with Gasteiger partial charge in [0.05, 0.1) is 12.2 Å². The Balaban J connectivity index is 1.63. The van der Waals surface area contributed by atoms with Gasteiger partial charge in [0.15, 0.2) is 11.5 Å². The van der Waals surface area contributed by atoms with Gasteiger partial charge in [-0.05, 0) is 35.9 Å². The Kier molecular flexibility index (Phi) is 2.73. The Morgan fingerprint density at radius 2 is 1.85 bits per heavy atom. The lowest BCUT2D eigenvalue weighted by Crippen LogP contribution is -2.23. The van der Waals surface area contributed by atoms with Crippen LogP contribution in [-0.2, 0) is 0 Å². The van der Waals surface area contributed by atoms with Gasteiger partial charge in [-0.15, -0.1) is 0 Å². The molecule has 102 valence electrons. The fourth-order valence-corrected chi connectivity index (χ4v) is 2.80. The van der Waals surface area contributed by atoms with Crippen molar-refractivity contribution in [2.24, 2.45) is 0 Å². The SMILES string of the molecule is Brc1ccc2c(c1)NCC(c1ccc3c(c1)OCO3)O2. The Hall–Kier alpha value is -1.88. The number of hydrogen-bond acceptors (Lipinski definition) is 4. The maximum absolute atomic E-state index is 6.05. The van der Waals surface area contributed by atoms with Crippen LogP contribution < -0.4 is 19.5 Å². The van der Waals surface area contributed by atoms with Crippen LogP contribution in [0.2, 0.25) is 0 Å². The van der Waals surface area contributed by atoms with Gasteiger partial charge < -0.3 is 19.5 Å². The normalized spacial score (nSPS) is 18.9. The van der Waals surface area contributed by atoms with E-state index in [1.165, 1.54) is 0 Å². The van der Waals surface area contributed by atoms with Crippen LogP contribution in [0, 0.1) is 0 Å². The first-order chi connectivity index (χ1) is 9.79. The molecule has 1 unspecified atom stereocenters. The summed E-state index contributed by atoms with van der Waals surface area (Å²) in [6.45, 7) is 1.02. The first-order valence-electron chi connectivity index (χ1n) is 6.39. The summed E-state index contributed by atoms with van der Waals surface area (Å²) in [6, 6.07) is 11.9. The summed E-state index contributed by atoms with van der Waals surface area (Å²) in [6.07, 6.45) is -0.0295. The Morgan fingerprint density at radius 1 is 1.00 bits per heavy atom. The molecular weight excluding hydrogens is 322 g/mol. The molecule has 0 amide bonds. The Morgan fingerprint density at radius 3 is 2.80 bits per heavy atom. The fraction of sp³-hybridized carbons (Fsp3) is 0.200. The van der Waals surface area contributed by atoms with Crippen LogP contribution in [0.3, 0.4) is 0 Å².